The Labute approximate surface area is 103 Å². The summed E-state index contributed by atoms with van der Waals surface area (Å²) in [5.41, 5.74) is 0.544. The third kappa shape index (κ3) is 2.02. The summed E-state index contributed by atoms with van der Waals surface area (Å²) >= 11 is 0. The summed E-state index contributed by atoms with van der Waals surface area (Å²) in [7, 11) is 1.08. The molecule has 1 saturated heterocycles. The van der Waals surface area contributed by atoms with E-state index in [0.717, 1.165) is 0 Å². The van der Waals surface area contributed by atoms with Gasteiger partial charge in [-0.1, -0.05) is 19.1 Å². The van der Waals surface area contributed by atoms with E-state index in [2.05, 4.69) is 0 Å². The van der Waals surface area contributed by atoms with E-state index in [1.807, 2.05) is 0 Å². The zero-order chi connectivity index (χ0) is 12.8. The molecule has 1 fully saturated rings. The molecule has 0 aliphatic carbocycles. The molecule has 17 heavy (non-hydrogen) atoms. The quantitative estimate of drug-likeness (QED) is 0.612. The molecule has 1 aromatic carbocycles. The van der Waals surface area contributed by atoms with Crippen molar-refractivity contribution in [3.05, 3.63) is 35.6 Å². The molecule has 1 heterocycles. The van der Waals surface area contributed by atoms with Crippen LogP contribution in [0.5, 0.6) is 0 Å². The van der Waals surface area contributed by atoms with Crippen LogP contribution in [0.2, 0.25) is 0 Å². The minimum Gasteiger partial charge on any atom is -0.273 e. The summed E-state index contributed by atoms with van der Waals surface area (Å²) in [6.45, 7) is 1.61. The van der Waals surface area contributed by atoms with Crippen molar-refractivity contribution in [3.8, 4) is 0 Å². The topological polar surface area (TPSA) is 54.5 Å². The van der Waals surface area contributed by atoms with E-state index in [-0.39, 0.29) is 0 Å². The van der Waals surface area contributed by atoms with Crippen molar-refractivity contribution in [2.75, 3.05) is 0 Å². The smallest absolute Gasteiger partial charge is 0.273 e. The van der Waals surface area contributed by atoms with Gasteiger partial charge in [-0.3, -0.25) is 4.79 Å². The summed E-state index contributed by atoms with van der Waals surface area (Å²) in [5.74, 6) is -1.45. The SMILES string of the molecule is CC1C(=O)N(S(=O)(=O)Cl)C1c1ccc(F)cc1. The molecule has 0 bridgehead atoms. The zero-order valence-electron chi connectivity index (χ0n) is 8.80. The summed E-state index contributed by atoms with van der Waals surface area (Å²) < 4.78 is 35.8. The first-order valence-corrected chi connectivity index (χ1v) is 7.12. The van der Waals surface area contributed by atoms with Crippen LogP contribution in [0.25, 0.3) is 0 Å². The highest BCUT2D eigenvalue weighted by Crippen LogP contribution is 2.42. The van der Waals surface area contributed by atoms with E-state index in [9.17, 15) is 17.6 Å². The molecule has 2 rings (SSSR count). The lowest BCUT2D eigenvalue weighted by atomic mass is 9.87. The van der Waals surface area contributed by atoms with Crippen molar-refractivity contribution < 1.29 is 17.6 Å². The second-order valence-electron chi connectivity index (χ2n) is 3.86. The molecule has 2 unspecified atom stereocenters. The molecular formula is C10H9ClFNO3S. The van der Waals surface area contributed by atoms with Gasteiger partial charge in [0.1, 0.15) is 5.82 Å². The molecular weight excluding hydrogens is 269 g/mol. The molecule has 0 spiro atoms. The van der Waals surface area contributed by atoms with Crippen LogP contribution in [0.15, 0.2) is 24.3 Å². The molecule has 1 aromatic rings. The number of carbonyl (C=O) groups is 1. The van der Waals surface area contributed by atoms with Crippen LogP contribution >= 0.6 is 10.7 Å². The highest BCUT2D eigenvalue weighted by Gasteiger charge is 2.50. The van der Waals surface area contributed by atoms with Crippen LogP contribution in [0.1, 0.15) is 18.5 Å². The zero-order valence-corrected chi connectivity index (χ0v) is 10.4. The molecule has 2 atom stereocenters. The van der Waals surface area contributed by atoms with Gasteiger partial charge in [0.25, 0.3) is 0 Å². The van der Waals surface area contributed by atoms with Gasteiger partial charge in [0.05, 0.1) is 12.0 Å². The minimum absolute atomic E-state index is 0.424. The van der Waals surface area contributed by atoms with Crippen LogP contribution in [0, 0.1) is 11.7 Å². The first kappa shape index (κ1) is 12.3. The molecule has 1 aliphatic heterocycles. The number of β-lactam (4-membered cyclic amide) rings is 1. The predicted octanol–water partition coefficient (Wildman–Crippen LogP) is 1.83. The van der Waals surface area contributed by atoms with E-state index in [1.54, 1.807) is 6.92 Å². The van der Waals surface area contributed by atoms with Gasteiger partial charge in [0, 0.05) is 10.7 Å². The monoisotopic (exact) mass is 277 g/mol. The fourth-order valence-corrected chi connectivity index (χ4v) is 3.34. The highest BCUT2D eigenvalue weighted by molar-refractivity contribution is 8.12. The largest absolute Gasteiger partial charge is 0.324 e. The molecule has 1 aliphatic rings. The second kappa shape index (κ2) is 3.96. The summed E-state index contributed by atoms with van der Waals surface area (Å²) in [4.78, 5) is 11.4. The lowest BCUT2D eigenvalue weighted by Crippen LogP contribution is -2.54. The molecule has 4 nitrogen and oxygen atoms in total. The molecule has 0 aromatic heterocycles. The van der Waals surface area contributed by atoms with Gasteiger partial charge < -0.3 is 0 Å². The first-order valence-electron chi connectivity index (χ1n) is 4.85. The Balaban J connectivity index is 2.38. The molecule has 92 valence electrons. The van der Waals surface area contributed by atoms with Crippen LogP contribution < -0.4 is 0 Å². The van der Waals surface area contributed by atoms with Gasteiger partial charge in [0.2, 0.25) is 5.91 Å². The summed E-state index contributed by atoms with van der Waals surface area (Å²) in [6.07, 6.45) is 0. The number of halogens is 2. The Morgan fingerprint density at radius 1 is 1.29 bits per heavy atom. The molecule has 0 radical (unpaired) electrons. The minimum atomic E-state index is -4.09. The van der Waals surface area contributed by atoms with Crippen molar-refractivity contribution in [3.63, 3.8) is 0 Å². The van der Waals surface area contributed by atoms with Crippen LogP contribution in [-0.4, -0.2) is 18.6 Å². The Bertz CT molecular complexity index is 557. The van der Waals surface area contributed by atoms with Gasteiger partial charge in [-0.15, -0.1) is 0 Å². The van der Waals surface area contributed by atoms with Gasteiger partial charge in [-0.2, -0.15) is 8.42 Å². The van der Waals surface area contributed by atoms with Crippen molar-refractivity contribution >= 4 is 25.8 Å². The number of hydrogen-bond donors (Lipinski definition) is 0. The maximum atomic E-state index is 12.8. The fourth-order valence-electron chi connectivity index (χ4n) is 1.92. The van der Waals surface area contributed by atoms with E-state index < -0.39 is 32.9 Å². The number of benzene rings is 1. The number of hydrogen-bond acceptors (Lipinski definition) is 3. The second-order valence-corrected chi connectivity index (χ2v) is 6.25. The van der Waals surface area contributed by atoms with Crippen molar-refractivity contribution in [1.82, 2.24) is 4.31 Å². The average Bonchev–Trinajstić information content (AvgIpc) is 2.24. The van der Waals surface area contributed by atoms with Gasteiger partial charge in [-0.25, -0.2) is 8.70 Å². The van der Waals surface area contributed by atoms with Crippen molar-refractivity contribution in [2.45, 2.75) is 13.0 Å². The average molecular weight is 278 g/mol. The molecule has 0 N–H and O–H groups in total. The van der Waals surface area contributed by atoms with E-state index >= 15 is 0 Å². The number of carbonyl (C=O) groups excluding carboxylic acids is 1. The Morgan fingerprint density at radius 2 is 1.82 bits per heavy atom. The standard InChI is InChI=1S/C10H9ClFNO3S/c1-6-9(7-2-4-8(12)5-3-7)13(10(6)14)17(11,15)16/h2-6,9H,1H3. The number of nitrogens with zero attached hydrogens (tertiary/aromatic N) is 1. The molecule has 0 saturated carbocycles. The van der Waals surface area contributed by atoms with E-state index in [1.165, 1.54) is 24.3 Å². The maximum Gasteiger partial charge on any atom is 0.324 e. The molecule has 1 amide bonds. The Morgan fingerprint density at radius 3 is 2.29 bits per heavy atom. The van der Waals surface area contributed by atoms with Gasteiger partial charge in [0.15, 0.2) is 0 Å². The van der Waals surface area contributed by atoms with E-state index in [4.69, 9.17) is 10.7 Å². The van der Waals surface area contributed by atoms with Crippen molar-refractivity contribution in [2.24, 2.45) is 5.92 Å². The van der Waals surface area contributed by atoms with Gasteiger partial charge in [-0.05, 0) is 17.7 Å². The first-order chi connectivity index (χ1) is 7.82. The predicted molar refractivity (Wildman–Crippen MR) is 59.9 cm³/mol. The van der Waals surface area contributed by atoms with Gasteiger partial charge >= 0.3 is 9.24 Å². The van der Waals surface area contributed by atoms with E-state index in [0.29, 0.717) is 9.87 Å². The highest BCUT2D eigenvalue weighted by atomic mass is 35.7. The third-order valence-corrected chi connectivity index (χ3v) is 4.10. The lowest BCUT2D eigenvalue weighted by Gasteiger charge is -2.42. The van der Waals surface area contributed by atoms with Crippen LogP contribution in [0.4, 0.5) is 4.39 Å². The summed E-state index contributed by atoms with van der Waals surface area (Å²) in [5, 5.41) is 0. The van der Waals surface area contributed by atoms with Crippen LogP contribution in [0.3, 0.4) is 0 Å². The van der Waals surface area contributed by atoms with Crippen LogP contribution in [-0.2, 0) is 14.0 Å². The Kier molecular flexibility index (Phi) is 2.87. The maximum absolute atomic E-state index is 12.8. The van der Waals surface area contributed by atoms with Crippen molar-refractivity contribution in [1.29, 1.82) is 0 Å². The molecule has 7 heteroatoms. The number of rotatable bonds is 2. The lowest BCUT2D eigenvalue weighted by molar-refractivity contribution is -0.145. The summed E-state index contributed by atoms with van der Waals surface area (Å²) in [6, 6.07) is 4.66. The number of amides is 1. The fraction of sp³-hybridized carbons (Fsp3) is 0.300. The Hall–Kier alpha value is -1.14. The normalized spacial score (nSPS) is 24.6. The third-order valence-electron chi connectivity index (χ3n) is 2.78.